The maximum absolute atomic E-state index is 12.4. The minimum atomic E-state index is -0.267. The van der Waals surface area contributed by atoms with Gasteiger partial charge in [0.1, 0.15) is 0 Å². The minimum Gasteiger partial charge on any atom is -0.345 e. The number of benzene rings is 1. The lowest BCUT2D eigenvalue weighted by atomic mass is 9.81. The number of carbonyl (C=O) groups excluding carboxylic acids is 4. The van der Waals surface area contributed by atoms with Crippen LogP contribution in [0.15, 0.2) is 24.3 Å². The average Bonchev–Trinajstić information content (AvgIpc) is 2.91. The van der Waals surface area contributed by atoms with Crippen LogP contribution in [0.25, 0.3) is 0 Å². The summed E-state index contributed by atoms with van der Waals surface area (Å²) in [7, 11) is 3.35. The van der Waals surface area contributed by atoms with Crippen molar-refractivity contribution in [1.82, 2.24) is 9.80 Å². The van der Waals surface area contributed by atoms with Crippen LogP contribution in [0.3, 0.4) is 0 Å². The third kappa shape index (κ3) is 4.02. The first-order valence-corrected chi connectivity index (χ1v) is 9.35. The van der Waals surface area contributed by atoms with Crippen LogP contribution >= 0.6 is 0 Å². The highest BCUT2D eigenvalue weighted by Gasteiger charge is 2.47. The van der Waals surface area contributed by atoms with Gasteiger partial charge in [0, 0.05) is 38.3 Å². The van der Waals surface area contributed by atoms with E-state index in [9.17, 15) is 19.2 Å². The summed E-state index contributed by atoms with van der Waals surface area (Å²) in [5.74, 6) is -0.988. The average molecular weight is 371 g/mol. The zero-order chi connectivity index (χ0) is 19.6. The topological polar surface area (TPSA) is 86.8 Å². The molecule has 7 nitrogen and oxygen atoms in total. The molecule has 1 saturated carbocycles. The molecule has 1 aliphatic heterocycles. The number of imide groups is 1. The number of carbonyl (C=O) groups is 4. The van der Waals surface area contributed by atoms with E-state index < -0.39 is 0 Å². The molecule has 1 aromatic carbocycles. The van der Waals surface area contributed by atoms with Crippen molar-refractivity contribution in [3.63, 3.8) is 0 Å². The van der Waals surface area contributed by atoms with Crippen molar-refractivity contribution in [2.75, 3.05) is 26.0 Å². The van der Waals surface area contributed by atoms with Gasteiger partial charge in [-0.25, -0.2) is 0 Å². The molecule has 1 aliphatic carbocycles. The highest BCUT2D eigenvalue weighted by Crippen LogP contribution is 2.37. The van der Waals surface area contributed by atoms with Crippen LogP contribution in [-0.4, -0.2) is 54.1 Å². The molecule has 0 unspecified atom stereocenters. The second-order valence-corrected chi connectivity index (χ2v) is 7.40. The Hall–Kier alpha value is -2.70. The summed E-state index contributed by atoms with van der Waals surface area (Å²) in [5, 5.41) is 2.74. The fourth-order valence-electron chi connectivity index (χ4n) is 3.84. The quantitative estimate of drug-likeness (QED) is 0.801. The summed E-state index contributed by atoms with van der Waals surface area (Å²) in [4.78, 5) is 51.6. The molecule has 0 aromatic heterocycles. The van der Waals surface area contributed by atoms with Crippen LogP contribution in [0, 0.1) is 11.8 Å². The standard InChI is InChI=1S/C20H25N3O4/c1-22(2)18(25)13-7-9-14(10-8-13)21-17(24)11-12-23-19(26)15-5-3-4-6-16(15)20(23)27/h7-10,15-16H,3-6,11-12H2,1-2H3,(H,21,24)/t15-,16+. The van der Waals surface area contributed by atoms with Crippen molar-refractivity contribution >= 4 is 29.3 Å². The van der Waals surface area contributed by atoms with Crippen LogP contribution in [0.5, 0.6) is 0 Å². The fourth-order valence-corrected chi connectivity index (χ4v) is 3.84. The Kier molecular flexibility index (Phi) is 5.58. The normalized spacial score (nSPS) is 21.8. The van der Waals surface area contributed by atoms with Crippen molar-refractivity contribution in [3.05, 3.63) is 29.8 Å². The Morgan fingerprint density at radius 3 is 2.11 bits per heavy atom. The van der Waals surface area contributed by atoms with Gasteiger partial charge in [0.25, 0.3) is 5.91 Å². The number of hydrogen-bond donors (Lipinski definition) is 1. The predicted molar refractivity (Wildman–Crippen MR) is 99.9 cm³/mol. The maximum Gasteiger partial charge on any atom is 0.253 e. The van der Waals surface area contributed by atoms with Gasteiger partial charge in [-0.15, -0.1) is 0 Å². The van der Waals surface area contributed by atoms with Crippen molar-refractivity contribution in [2.45, 2.75) is 32.1 Å². The Bertz CT molecular complexity index is 733. The maximum atomic E-state index is 12.4. The third-order valence-corrected chi connectivity index (χ3v) is 5.32. The molecule has 2 fully saturated rings. The molecule has 0 radical (unpaired) electrons. The van der Waals surface area contributed by atoms with E-state index in [1.165, 1.54) is 9.80 Å². The highest BCUT2D eigenvalue weighted by atomic mass is 16.2. The van der Waals surface area contributed by atoms with Gasteiger partial charge in [-0.1, -0.05) is 12.8 Å². The van der Waals surface area contributed by atoms with Crippen molar-refractivity contribution in [2.24, 2.45) is 11.8 Å². The molecule has 0 bridgehead atoms. The molecule has 1 N–H and O–H groups in total. The highest BCUT2D eigenvalue weighted by molar-refractivity contribution is 6.05. The van der Waals surface area contributed by atoms with Gasteiger partial charge >= 0.3 is 0 Å². The summed E-state index contributed by atoms with van der Waals surface area (Å²) in [6.07, 6.45) is 3.59. The van der Waals surface area contributed by atoms with Gasteiger partial charge in [-0.05, 0) is 37.1 Å². The number of rotatable bonds is 5. The predicted octanol–water partition coefficient (Wildman–Crippen LogP) is 1.89. The second kappa shape index (κ2) is 7.90. The van der Waals surface area contributed by atoms with E-state index in [1.807, 2.05) is 0 Å². The van der Waals surface area contributed by atoms with Crippen LogP contribution in [0.2, 0.25) is 0 Å². The Morgan fingerprint density at radius 1 is 1.04 bits per heavy atom. The molecule has 2 aliphatic rings. The number of fused-ring (bicyclic) bond motifs is 1. The Morgan fingerprint density at radius 2 is 1.59 bits per heavy atom. The molecule has 4 amide bonds. The fraction of sp³-hybridized carbons (Fsp3) is 0.500. The number of nitrogens with zero attached hydrogens (tertiary/aromatic N) is 2. The smallest absolute Gasteiger partial charge is 0.253 e. The number of hydrogen-bond acceptors (Lipinski definition) is 4. The monoisotopic (exact) mass is 371 g/mol. The van der Waals surface area contributed by atoms with Gasteiger partial charge in [0.2, 0.25) is 17.7 Å². The number of likely N-dealkylation sites (tertiary alicyclic amines) is 1. The van der Waals surface area contributed by atoms with E-state index in [-0.39, 0.29) is 48.4 Å². The van der Waals surface area contributed by atoms with Gasteiger partial charge in [-0.3, -0.25) is 24.1 Å². The first kappa shape index (κ1) is 19.1. The van der Waals surface area contributed by atoms with Crippen molar-refractivity contribution < 1.29 is 19.2 Å². The molecule has 2 atom stereocenters. The van der Waals surface area contributed by atoms with E-state index in [4.69, 9.17) is 0 Å². The van der Waals surface area contributed by atoms with Gasteiger partial charge in [0.15, 0.2) is 0 Å². The lowest BCUT2D eigenvalue weighted by molar-refractivity contribution is -0.140. The minimum absolute atomic E-state index is 0.0648. The number of nitrogens with one attached hydrogen (secondary N) is 1. The number of anilines is 1. The molecule has 144 valence electrons. The van der Waals surface area contributed by atoms with E-state index in [0.717, 1.165) is 25.7 Å². The van der Waals surface area contributed by atoms with Crippen molar-refractivity contribution in [3.8, 4) is 0 Å². The second-order valence-electron chi connectivity index (χ2n) is 7.40. The molecule has 1 saturated heterocycles. The lowest BCUT2D eigenvalue weighted by Crippen LogP contribution is -2.34. The third-order valence-electron chi connectivity index (χ3n) is 5.32. The zero-order valence-electron chi connectivity index (χ0n) is 15.7. The number of amides is 4. The van der Waals surface area contributed by atoms with Crippen LogP contribution < -0.4 is 5.32 Å². The molecule has 7 heteroatoms. The van der Waals surface area contributed by atoms with E-state index in [2.05, 4.69) is 5.32 Å². The molecule has 3 rings (SSSR count). The molecule has 0 spiro atoms. The summed E-state index contributed by atoms with van der Waals surface area (Å²) in [6.45, 7) is 0.119. The largest absolute Gasteiger partial charge is 0.345 e. The van der Waals surface area contributed by atoms with Gasteiger partial charge in [-0.2, -0.15) is 0 Å². The SMILES string of the molecule is CN(C)C(=O)c1ccc(NC(=O)CCN2C(=O)[C@H]3CCCC[C@H]3C2=O)cc1. The van der Waals surface area contributed by atoms with Crippen molar-refractivity contribution in [1.29, 1.82) is 0 Å². The van der Waals surface area contributed by atoms with E-state index >= 15 is 0 Å². The molecule has 27 heavy (non-hydrogen) atoms. The first-order chi connectivity index (χ1) is 12.9. The first-order valence-electron chi connectivity index (χ1n) is 9.35. The molecule has 1 aromatic rings. The Balaban J connectivity index is 1.53. The van der Waals surface area contributed by atoms with E-state index in [1.54, 1.807) is 38.4 Å². The Labute approximate surface area is 158 Å². The summed E-state index contributed by atoms with van der Waals surface area (Å²) < 4.78 is 0. The summed E-state index contributed by atoms with van der Waals surface area (Å²) >= 11 is 0. The van der Waals surface area contributed by atoms with Crippen LogP contribution in [0.1, 0.15) is 42.5 Å². The van der Waals surface area contributed by atoms with E-state index in [0.29, 0.717) is 11.3 Å². The summed E-state index contributed by atoms with van der Waals surface area (Å²) in [5.41, 5.74) is 1.11. The van der Waals surface area contributed by atoms with Gasteiger partial charge in [0.05, 0.1) is 11.8 Å². The van der Waals surface area contributed by atoms with Crippen LogP contribution in [0.4, 0.5) is 5.69 Å². The summed E-state index contributed by atoms with van der Waals surface area (Å²) in [6, 6.07) is 6.62. The molecular weight excluding hydrogens is 346 g/mol. The lowest BCUT2D eigenvalue weighted by Gasteiger charge is -2.19. The molecular formula is C20H25N3O4. The zero-order valence-corrected chi connectivity index (χ0v) is 15.7. The van der Waals surface area contributed by atoms with Gasteiger partial charge < -0.3 is 10.2 Å². The van der Waals surface area contributed by atoms with Crippen LogP contribution in [-0.2, 0) is 14.4 Å². The molecule has 1 heterocycles.